The second-order valence-electron chi connectivity index (χ2n) is 6.98. The van der Waals surface area contributed by atoms with Crippen LogP contribution in [0.15, 0.2) is 54.9 Å². The Morgan fingerprint density at radius 2 is 1.79 bits per heavy atom. The molecule has 0 atom stereocenters. The standard InChI is InChI=1S/C21H19ClN6/c1-14-24-25-21-9-10-27(18-6-4-17(22)5-7-18)20-11-15(3-8-19(20)28(14)21)16-12-23-26(2)13-16/h3-8,11-13H,9-10H2,1-2H3. The van der Waals surface area contributed by atoms with Crippen molar-refractivity contribution in [1.29, 1.82) is 0 Å². The van der Waals surface area contributed by atoms with Gasteiger partial charge in [0, 0.05) is 42.5 Å². The van der Waals surface area contributed by atoms with E-state index in [9.17, 15) is 0 Å². The van der Waals surface area contributed by atoms with Crippen LogP contribution in [-0.2, 0) is 13.5 Å². The largest absolute Gasteiger partial charge is 0.339 e. The molecule has 2 aromatic heterocycles. The Hall–Kier alpha value is -3.12. The molecular weight excluding hydrogens is 372 g/mol. The number of rotatable bonds is 2. The third kappa shape index (κ3) is 2.77. The fraction of sp³-hybridized carbons (Fsp3) is 0.190. The molecule has 0 amide bonds. The Morgan fingerprint density at radius 3 is 2.54 bits per heavy atom. The molecule has 140 valence electrons. The van der Waals surface area contributed by atoms with E-state index < -0.39 is 0 Å². The smallest absolute Gasteiger partial charge is 0.139 e. The van der Waals surface area contributed by atoms with E-state index in [1.54, 1.807) is 0 Å². The summed E-state index contributed by atoms with van der Waals surface area (Å²) in [6.07, 6.45) is 4.72. The van der Waals surface area contributed by atoms with E-state index >= 15 is 0 Å². The van der Waals surface area contributed by atoms with E-state index in [-0.39, 0.29) is 0 Å². The van der Waals surface area contributed by atoms with Gasteiger partial charge in [0.05, 0.1) is 17.6 Å². The van der Waals surface area contributed by atoms with E-state index in [2.05, 4.69) is 55.1 Å². The second-order valence-corrected chi connectivity index (χ2v) is 7.42. The van der Waals surface area contributed by atoms with Gasteiger partial charge < -0.3 is 4.90 Å². The summed E-state index contributed by atoms with van der Waals surface area (Å²) in [4.78, 5) is 2.32. The molecule has 7 heteroatoms. The second kappa shape index (κ2) is 6.49. The molecule has 4 aromatic rings. The first-order valence-electron chi connectivity index (χ1n) is 9.17. The summed E-state index contributed by atoms with van der Waals surface area (Å²) in [6.45, 7) is 2.80. The molecule has 0 bridgehead atoms. The number of aromatic nitrogens is 5. The van der Waals surface area contributed by atoms with E-state index in [0.717, 1.165) is 57.8 Å². The van der Waals surface area contributed by atoms with Gasteiger partial charge in [-0.1, -0.05) is 17.7 Å². The Labute approximate surface area is 168 Å². The van der Waals surface area contributed by atoms with Gasteiger partial charge in [0.15, 0.2) is 0 Å². The van der Waals surface area contributed by atoms with Crippen molar-refractivity contribution in [1.82, 2.24) is 24.5 Å². The molecule has 0 saturated heterocycles. The van der Waals surface area contributed by atoms with E-state index in [1.807, 2.05) is 43.2 Å². The van der Waals surface area contributed by atoms with Crippen molar-refractivity contribution in [3.05, 3.63) is 71.5 Å². The van der Waals surface area contributed by atoms with Gasteiger partial charge in [-0.25, -0.2) is 0 Å². The van der Waals surface area contributed by atoms with Crippen LogP contribution in [0.25, 0.3) is 16.8 Å². The van der Waals surface area contributed by atoms with Gasteiger partial charge in [-0.2, -0.15) is 5.10 Å². The predicted octanol–water partition coefficient (Wildman–Crippen LogP) is 4.32. The monoisotopic (exact) mass is 390 g/mol. The summed E-state index contributed by atoms with van der Waals surface area (Å²) in [6, 6.07) is 14.5. The van der Waals surface area contributed by atoms with Gasteiger partial charge in [-0.3, -0.25) is 9.25 Å². The van der Waals surface area contributed by atoms with Gasteiger partial charge in [0.1, 0.15) is 11.6 Å². The maximum Gasteiger partial charge on any atom is 0.139 e. The number of hydrogen-bond donors (Lipinski definition) is 0. The molecule has 0 aliphatic carbocycles. The molecule has 1 aliphatic rings. The minimum absolute atomic E-state index is 0.732. The minimum atomic E-state index is 0.732. The molecule has 1 aliphatic heterocycles. The zero-order valence-electron chi connectivity index (χ0n) is 15.7. The van der Waals surface area contributed by atoms with E-state index in [4.69, 9.17) is 11.6 Å². The lowest BCUT2D eigenvalue weighted by Crippen LogP contribution is -2.19. The predicted molar refractivity (Wildman–Crippen MR) is 110 cm³/mol. The number of halogens is 1. The fourth-order valence-corrected chi connectivity index (χ4v) is 3.91. The van der Waals surface area contributed by atoms with Crippen molar-refractivity contribution in [3.63, 3.8) is 0 Å². The molecule has 0 unspecified atom stereocenters. The molecule has 0 saturated carbocycles. The van der Waals surface area contributed by atoms with Crippen LogP contribution in [0.4, 0.5) is 11.4 Å². The summed E-state index contributed by atoms with van der Waals surface area (Å²) in [5.74, 6) is 1.87. The molecule has 0 fully saturated rings. The molecular formula is C21H19ClN6. The zero-order valence-corrected chi connectivity index (χ0v) is 16.4. The highest BCUT2D eigenvalue weighted by Gasteiger charge is 2.24. The molecule has 3 heterocycles. The maximum absolute atomic E-state index is 6.12. The molecule has 0 spiro atoms. The Balaban J connectivity index is 1.72. The summed E-state index contributed by atoms with van der Waals surface area (Å²) in [7, 11) is 1.93. The van der Waals surface area contributed by atoms with Crippen LogP contribution >= 0.6 is 11.6 Å². The average Bonchev–Trinajstić information content (AvgIpc) is 3.24. The lowest BCUT2D eigenvalue weighted by molar-refractivity contribution is 0.768. The van der Waals surface area contributed by atoms with Crippen molar-refractivity contribution < 1.29 is 0 Å². The number of anilines is 2. The normalized spacial score (nSPS) is 13.2. The third-order valence-corrected chi connectivity index (χ3v) is 5.39. The number of aryl methyl sites for hydroxylation is 2. The quantitative estimate of drug-likeness (QED) is 0.511. The van der Waals surface area contributed by atoms with Crippen molar-refractivity contribution in [2.45, 2.75) is 13.3 Å². The van der Waals surface area contributed by atoms with E-state index in [1.165, 1.54) is 0 Å². The first-order chi connectivity index (χ1) is 13.6. The minimum Gasteiger partial charge on any atom is -0.339 e. The molecule has 6 nitrogen and oxygen atoms in total. The van der Waals surface area contributed by atoms with Crippen molar-refractivity contribution in [3.8, 4) is 16.8 Å². The van der Waals surface area contributed by atoms with Gasteiger partial charge in [-0.15, -0.1) is 10.2 Å². The van der Waals surface area contributed by atoms with Gasteiger partial charge in [0.2, 0.25) is 0 Å². The molecule has 5 rings (SSSR count). The van der Waals surface area contributed by atoms with Gasteiger partial charge in [-0.05, 0) is 48.9 Å². The SMILES string of the molecule is Cc1nnc2n1-c1ccc(-c3cnn(C)c3)cc1N(c1ccc(Cl)cc1)CC2. The van der Waals surface area contributed by atoms with Crippen LogP contribution in [0, 0.1) is 6.92 Å². The Morgan fingerprint density at radius 1 is 0.964 bits per heavy atom. The van der Waals surface area contributed by atoms with Crippen LogP contribution in [-0.4, -0.2) is 31.1 Å². The average molecular weight is 391 g/mol. The number of nitrogens with zero attached hydrogens (tertiary/aromatic N) is 6. The van der Waals surface area contributed by atoms with Crippen LogP contribution in [0.1, 0.15) is 11.6 Å². The van der Waals surface area contributed by atoms with Crippen molar-refractivity contribution in [2.75, 3.05) is 11.4 Å². The van der Waals surface area contributed by atoms with Crippen LogP contribution in [0.3, 0.4) is 0 Å². The third-order valence-electron chi connectivity index (χ3n) is 5.13. The molecule has 28 heavy (non-hydrogen) atoms. The highest BCUT2D eigenvalue weighted by atomic mass is 35.5. The highest BCUT2D eigenvalue weighted by Crippen LogP contribution is 2.38. The number of benzene rings is 2. The van der Waals surface area contributed by atoms with Crippen LogP contribution < -0.4 is 4.90 Å². The molecule has 0 N–H and O–H groups in total. The van der Waals surface area contributed by atoms with Crippen molar-refractivity contribution >= 4 is 23.0 Å². The molecule has 0 radical (unpaired) electrons. The zero-order chi connectivity index (χ0) is 19.3. The fourth-order valence-electron chi connectivity index (χ4n) is 3.78. The first kappa shape index (κ1) is 17.0. The Bertz CT molecular complexity index is 1160. The first-order valence-corrected chi connectivity index (χ1v) is 9.55. The van der Waals surface area contributed by atoms with Crippen LogP contribution in [0.5, 0.6) is 0 Å². The van der Waals surface area contributed by atoms with Crippen molar-refractivity contribution in [2.24, 2.45) is 7.05 Å². The Kier molecular flexibility index (Phi) is 3.94. The lowest BCUT2D eigenvalue weighted by Gasteiger charge is -2.25. The van der Waals surface area contributed by atoms with E-state index in [0.29, 0.717) is 0 Å². The van der Waals surface area contributed by atoms with Crippen LogP contribution in [0.2, 0.25) is 5.02 Å². The summed E-state index contributed by atoms with van der Waals surface area (Å²) < 4.78 is 3.97. The molecule has 2 aromatic carbocycles. The summed E-state index contributed by atoms with van der Waals surface area (Å²) in [5, 5.41) is 13.7. The maximum atomic E-state index is 6.12. The summed E-state index contributed by atoms with van der Waals surface area (Å²) in [5.41, 5.74) is 5.51. The lowest BCUT2D eigenvalue weighted by atomic mass is 10.1. The number of hydrogen-bond acceptors (Lipinski definition) is 4. The van der Waals surface area contributed by atoms with Gasteiger partial charge >= 0.3 is 0 Å². The van der Waals surface area contributed by atoms with Gasteiger partial charge in [0.25, 0.3) is 0 Å². The highest BCUT2D eigenvalue weighted by molar-refractivity contribution is 6.30. The topological polar surface area (TPSA) is 51.8 Å². The summed E-state index contributed by atoms with van der Waals surface area (Å²) >= 11 is 6.12. The number of fused-ring (bicyclic) bond motifs is 3.